The van der Waals surface area contributed by atoms with Gasteiger partial charge in [-0.05, 0) is 73.8 Å². The molecule has 1 N–H and O–H groups in total. The first-order valence-electron chi connectivity index (χ1n) is 9.99. The number of urea groups is 1. The molecular formula is C22H26N2O4. The summed E-state index contributed by atoms with van der Waals surface area (Å²) >= 11 is 0. The minimum absolute atomic E-state index is 0.0722. The number of imide groups is 1. The van der Waals surface area contributed by atoms with Crippen LogP contribution in [0, 0.1) is 5.92 Å². The Kier molecular flexibility index (Phi) is 4.52. The summed E-state index contributed by atoms with van der Waals surface area (Å²) in [5.41, 5.74) is 2.29. The van der Waals surface area contributed by atoms with E-state index in [1.54, 1.807) is 6.92 Å². The Labute approximate surface area is 163 Å². The number of benzene rings is 1. The van der Waals surface area contributed by atoms with Gasteiger partial charge < -0.3 is 9.73 Å². The van der Waals surface area contributed by atoms with E-state index in [2.05, 4.69) is 19.2 Å². The highest BCUT2D eigenvalue weighted by Crippen LogP contribution is 2.31. The Morgan fingerprint density at radius 1 is 1.14 bits per heavy atom. The molecule has 1 fully saturated rings. The summed E-state index contributed by atoms with van der Waals surface area (Å²) in [6, 6.07) is 4.97. The van der Waals surface area contributed by atoms with Crippen molar-refractivity contribution in [1.82, 2.24) is 10.2 Å². The number of amides is 3. The molecule has 0 unspecified atom stereocenters. The molecule has 4 rings (SSSR count). The lowest BCUT2D eigenvalue weighted by atomic mass is 9.92. The predicted octanol–water partition coefficient (Wildman–Crippen LogP) is 3.53. The maximum absolute atomic E-state index is 13.0. The number of nitrogens with one attached hydrogen (secondary N) is 1. The van der Waals surface area contributed by atoms with Gasteiger partial charge in [-0.25, -0.2) is 9.59 Å². The standard InChI is InChI=1S/C22H26N2O4/c1-13(2)7-8-22(3)20(26)24(21(27)23-22)12-16-11-19(25)28-18-10-15-6-4-5-14(15)9-17(16)18/h9-11,13H,4-8,12H2,1-3H3,(H,23,27)/t22-/m0/s1. The van der Waals surface area contributed by atoms with Crippen molar-refractivity contribution in [2.75, 3.05) is 0 Å². The zero-order valence-corrected chi connectivity index (χ0v) is 16.6. The highest BCUT2D eigenvalue weighted by molar-refractivity contribution is 6.06. The molecule has 1 saturated heterocycles. The van der Waals surface area contributed by atoms with Crippen molar-refractivity contribution >= 4 is 22.9 Å². The molecule has 0 saturated carbocycles. The lowest BCUT2D eigenvalue weighted by Crippen LogP contribution is -2.44. The second kappa shape index (κ2) is 6.76. The highest BCUT2D eigenvalue weighted by atomic mass is 16.4. The van der Waals surface area contributed by atoms with Crippen LogP contribution in [0.15, 0.2) is 27.4 Å². The van der Waals surface area contributed by atoms with Gasteiger partial charge in [0.2, 0.25) is 0 Å². The van der Waals surface area contributed by atoms with Gasteiger partial charge in [-0.3, -0.25) is 9.69 Å². The molecule has 148 valence electrons. The first-order chi connectivity index (χ1) is 13.3. The summed E-state index contributed by atoms with van der Waals surface area (Å²) in [6.45, 7) is 6.04. The van der Waals surface area contributed by atoms with Gasteiger partial charge in [0.25, 0.3) is 5.91 Å². The van der Waals surface area contributed by atoms with Gasteiger partial charge in [0.05, 0.1) is 6.54 Å². The number of carbonyl (C=O) groups is 2. The Bertz CT molecular complexity index is 1020. The second-order valence-electron chi connectivity index (χ2n) is 8.65. The van der Waals surface area contributed by atoms with E-state index in [0.29, 0.717) is 23.5 Å². The van der Waals surface area contributed by atoms with Crippen molar-refractivity contribution in [3.63, 3.8) is 0 Å². The number of hydrogen-bond donors (Lipinski definition) is 1. The fraction of sp³-hybridized carbons (Fsp3) is 0.500. The molecule has 2 heterocycles. The molecule has 1 aliphatic heterocycles. The number of rotatable bonds is 5. The lowest BCUT2D eigenvalue weighted by molar-refractivity contribution is -0.131. The Hall–Kier alpha value is -2.63. The number of hydrogen-bond acceptors (Lipinski definition) is 4. The Morgan fingerprint density at radius 2 is 1.86 bits per heavy atom. The van der Waals surface area contributed by atoms with Gasteiger partial charge in [0.15, 0.2) is 0 Å². The monoisotopic (exact) mass is 382 g/mol. The molecule has 6 nitrogen and oxygen atoms in total. The van der Waals surface area contributed by atoms with Crippen LogP contribution in [0.5, 0.6) is 0 Å². The fourth-order valence-corrected chi connectivity index (χ4v) is 4.23. The zero-order valence-electron chi connectivity index (χ0n) is 16.6. The van der Waals surface area contributed by atoms with Crippen molar-refractivity contribution in [2.45, 2.75) is 65.0 Å². The molecule has 6 heteroatoms. The van der Waals surface area contributed by atoms with Gasteiger partial charge in [-0.1, -0.05) is 13.8 Å². The van der Waals surface area contributed by atoms with Crippen LogP contribution in [-0.4, -0.2) is 22.4 Å². The summed E-state index contributed by atoms with van der Waals surface area (Å²) in [7, 11) is 0. The van der Waals surface area contributed by atoms with Crippen LogP contribution in [0.4, 0.5) is 4.79 Å². The molecule has 1 aliphatic carbocycles. The number of carbonyl (C=O) groups excluding carboxylic acids is 2. The van der Waals surface area contributed by atoms with Gasteiger partial charge >= 0.3 is 11.7 Å². The minimum Gasteiger partial charge on any atom is -0.423 e. The van der Waals surface area contributed by atoms with Crippen LogP contribution in [-0.2, 0) is 24.2 Å². The molecule has 1 aromatic carbocycles. The van der Waals surface area contributed by atoms with Crippen LogP contribution in [0.1, 0.15) is 56.7 Å². The molecule has 1 aromatic heterocycles. The van der Waals surface area contributed by atoms with Crippen LogP contribution in [0.2, 0.25) is 0 Å². The number of nitrogens with zero attached hydrogens (tertiary/aromatic N) is 1. The molecule has 2 aliphatic rings. The maximum Gasteiger partial charge on any atom is 0.336 e. The van der Waals surface area contributed by atoms with E-state index < -0.39 is 17.2 Å². The van der Waals surface area contributed by atoms with E-state index in [0.717, 1.165) is 31.1 Å². The van der Waals surface area contributed by atoms with Crippen LogP contribution < -0.4 is 10.9 Å². The first kappa shape index (κ1) is 18.7. The van der Waals surface area contributed by atoms with E-state index in [9.17, 15) is 14.4 Å². The molecular weight excluding hydrogens is 356 g/mol. The Balaban J connectivity index is 1.67. The topological polar surface area (TPSA) is 79.6 Å². The molecule has 3 amide bonds. The first-order valence-corrected chi connectivity index (χ1v) is 9.99. The van der Waals surface area contributed by atoms with E-state index in [4.69, 9.17) is 4.42 Å². The third-order valence-electron chi connectivity index (χ3n) is 5.94. The highest BCUT2D eigenvalue weighted by Gasteiger charge is 2.47. The normalized spacial score (nSPS) is 21.6. The van der Waals surface area contributed by atoms with E-state index in [-0.39, 0.29) is 12.5 Å². The van der Waals surface area contributed by atoms with Gasteiger partial charge in [-0.2, -0.15) is 0 Å². The SMILES string of the molecule is CC(C)CC[C@]1(C)NC(=O)N(Cc2cc(=O)oc3cc4c(cc23)CCC4)C1=O. The molecule has 1 atom stereocenters. The number of aryl methyl sites for hydroxylation is 2. The summed E-state index contributed by atoms with van der Waals surface area (Å²) in [5.74, 6) is 0.209. The number of fused-ring (bicyclic) bond motifs is 2. The summed E-state index contributed by atoms with van der Waals surface area (Å²) in [5, 5.41) is 3.65. The summed E-state index contributed by atoms with van der Waals surface area (Å²) in [4.78, 5) is 38.9. The summed E-state index contributed by atoms with van der Waals surface area (Å²) in [6.07, 6.45) is 4.52. The summed E-state index contributed by atoms with van der Waals surface area (Å²) < 4.78 is 5.39. The van der Waals surface area contributed by atoms with Gasteiger partial charge in [0, 0.05) is 11.5 Å². The van der Waals surface area contributed by atoms with E-state index >= 15 is 0 Å². The minimum atomic E-state index is -0.891. The van der Waals surface area contributed by atoms with Crippen molar-refractivity contribution < 1.29 is 14.0 Å². The van der Waals surface area contributed by atoms with Crippen molar-refractivity contribution in [2.24, 2.45) is 5.92 Å². The molecule has 2 aromatic rings. The van der Waals surface area contributed by atoms with Gasteiger partial charge in [0.1, 0.15) is 11.1 Å². The van der Waals surface area contributed by atoms with Crippen LogP contribution in [0.25, 0.3) is 11.0 Å². The van der Waals surface area contributed by atoms with Crippen LogP contribution in [0.3, 0.4) is 0 Å². The molecule has 0 bridgehead atoms. The zero-order chi connectivity index (χ0) is 20.1. The molecule has 0 radical (unpaired) electrons. The fourth-order valence-electron chi connectivity index (χ4n) is 4.23. The lowest BCUT2D eigenvalue weighted by Gasteiger charge is -2.22. The third kappa shape index (κ3) is 3.21. The largest absolute Gasteiger partial charge is 0.423 e. The van der Waals surface area contributed by atoms with E-state index in [1.807, 2.05) is 12.1 Å². The van der Waals surface area contributed by atoms with Crippen molar-refractivity contribution in [3.8, 4) is 0 Å². The predicted molar refractivity (Wildman–Crippen MR) is 106 cm³/mol. The molecule has 0 spiro atoms. The van der Waals surface area contributed by atoms with Crippen molar-refractivity contribution in [3.05, 3.63) is 45.3 Å². The molecule has 28 heavy (non-hydrogen) atoms. The average molecular weight is 382 g/mol. The smallest absolute Gasteiger partial charge is 0.336 e. The van der Waals surface area contributed by atoms with Gasteiger partial charge in [-0.15, -0.1) is 0 Å². The maximum atomic E-state index is 13.0. The Morgan fingerprint density at radius 3 is 2.57 bits per heavy atom. The second-order valence-corrected chi connectivity index (χ2v) is 8.65. The van der Waals surface area contributed by atoms with Crippen molar-refractivity contribution in [1.29, 1.82) is 0 Å². The quantitative estimate of drug-likeness (QED) is 0.634. The van der Waals surface area contributed by atoms with Crippen LogP contribution >= 0.6 is 0 Å². The van der Waals surface area contributed by atoms with E-state index in [1.165, 1.54) is 22.1 Å². The average Bonchev–Trinajstić information content (AvgIpc) is 3.16. The third-order valence-corrected chi connectivity index (χ3v) is 5.94.